The Morgan fingerprint density at radius 3 is 2.71 bits per heavy atom. The Bertz CT molecular complexity index is 1670. The van der Waals surface area contributed by atoms with E-state index in [4.69, 9.17) is 30.9 Å². The predicted molar refractivity (Wildman–Crippen MR) is 142 cm³/mol. The number of carbonyl (C=O) groups is 1. The third kappa shape index (κ3) is 4.93. The Hall–Kier alpha value is -2.97. The van der Waals surface area contributed by atoms with E-state index in [2.05, 4.69) is 4.52 Å². The Morgan fingerprint density at radius 2 is 1.93 bits per heavy atom. The predicted octanol–water partition coefficient (Wildman–Crippen LogP) is 3.37. The zero-order valence-electron chi connectivity index (χ0n) is 20.9. The lowest BCUT2D eigenvalue weighted by atomic mass is 9.93. The molecule has 3 aliphatic rings. The summed E-state index contributed by atoms with van der Waals surface area (Å²) in [7, 11) is -4.98. The van der Waals surface area contributed by atoms with Crippen LogP contribution in [0.1, 0.15) is 33.2 Å². The second-order valence-electron chi connectivity index (χ2n) is 9.30. The van der Waals surface area contributed by atoms with Crippen LogP contribution in [0, 0.1) is 11.6 Å². The van der Waals surface area contributed by atoms with Crippen molar-refractivity contribution in [1.82, 2.24) is 9.58 Å². The van der Waals surface area contributed by atoms with Crippen molar-refractivity contribution in [2.75, 3.05) is 31.6 Å². The molecule has 0 bridgehead atoms. The first-order valence-corrected chi connectivity index (χ1v) is 15.1. The highest BCUT2D eigenvalue weighted by atomic mass is 35.5. The molecule has 0 spiro atoms. The Labute approximate surface area is 240 Å². The number of fused-ring (bicyclic) bond motifs is 4. The van der Waals surface area contributed by atoms with Gasteiger partial charge in [0.05, 0.1) is 25.5 Å². The molecule has 2 aromatic carbocycles. The monoisotopic (exact) mass is 627 g/mol. The largest absolute Gasteiger partial charge is 0.472 e. The van der Waals surface area contributed by atoms with Gasteiger partial charge in [-0.3, -0.25) is 19.3 Å². The van der Waals surface area contributed by atoms with E-state index in [1.807, 2.05) is 18.2 Å². The lowest BCUT2D eigenvalue weighted by molar-refractivity contribution is -0.0202. The summed E-state index contributed by atoms with van der Waals surface area (Å²) in [6, 6.07) is 9.01. The maximum atomic E-state index is 15.3. The van der Waals surface area contributed by atoms with Gasteiger partial charge in [-0.25, -0.2) is 17.9 Å². The van der Waals surface area contributed by atoms with E-state index in [0.717, 1.165) is 16.5 Å². The molecule has 3 aromatic rings. The number of thioether (sulfide) groups is 1. The number of hydrogen-bond acceptors (Lipinski definition) is 8. The molecule has 16 heteroatoms. The van der Waals surface area contributed by atoms with Crippen molar-refractivity contribution >= 4 is 37.1 Å². The minimum atomic E-state index is -4.98. The van der Waals surface area contributed by atoms with E-state index in [9.17, 15) is 18.5 Å². The SMILES string of the molecule is O=C1c2c(OCOP(=O)(O)O)c(=O)c(Cl)cn2N([C@@H]2c3ccccc3SCc3c2ccc(F)c3F)[C@@H]2COCCN12. The Morgan fingerprint density at radius 1 is 1.15 bits per heavy atom. The van der Waals surface area contributed by atoms with Crippen molar-refractivity contribution in [2.45, 2.75) is 22.9 Å². The number of halogens is 3. The second kappa shape index (κ2) is 10.7. The van der Waals surface area contributed by atoms with Gasteiger partial charge in [0.25, 0.3) is 5.91 Å². The summed E-state index contributed by atoms with van der Waals surface area (Å²) in [5.74, 6) is -3.08. The summed E-state index contributed by atoms with van der Waals surface area (Å²) >= 11 is 7.65. The fourth-order valence-electron chi connectivity index (χ4n) is 5.29. The number of rotatable bonds is 5. The van der Waals surface area contributed by atoms with Gasteiger partial charge in [0.15, 0.2) is 17.3 Å². The molecule has 6 rings (SSSR count). The fraction of sp³-hybridized carbons (Fsp3) is 0.280. The molecule has 0 radical (unpaired) electrons. The van der Waals surface area contributed by atoms with E-state index in [0.29, 0.717) is 5.56 Å². The summed E-state index contributed by atoms with van der Waals surface area (Å²) in [6.45, 7) is -0.692. The van der Waals surface area contributed by atoms with E-state index < -0.39 is 55.5 Å². The van der Waals surface area contributed by atoms with E-state index in [-0.39, 0.29) is 41.8 Å². The fourth-order valence-corrected chi connectivity index (χ4v) is 6.77. The zero-order valence-corrected chi connectivity index (χ0v) is 23.4. The van der Waals surface area contributed by atoms with Gasteiger partial charge in [-0.15, -0.1) is 11.8 Å². The van der Waals surface area contributed by atoms with E-state index in [1.165, 1.54) is 33.6 Å². The van der Waals surface area contributed by atoms with Crippen LogP contribution in [0.2, 0.25) is 5.02 Å². The van der Waals surface area contributed by atoms with Gasteiger partial charge in [-0.2, -0.15) is 0 Å². The third-order valence-electron chi connectivity index (χ3n) is 7.02. The molecule has 1 aromatic heterocycles. The molecule has 0 aliphatic carbocycles. The standard InChI is InChI=1S/C25H21ClF2N3O8PS/c26-16-9-30-22(24(23(16)32)38-12-39-40(34,35)36)25(33)29-7-8-37-10-19(29)31(30)21-13-5-6-17(27)20(28)15(13)11-41-18-4-2-1-3-14(18)21/h1-6,9,19,21H,7-8,10-12H2,(H2,34,35,36)/t19-,21+/m1/s1. The van der Waals surface area contributed by atoms with Crippen molar-refractivity contribution in [3.05, 3.63) is 91.9 Å². The van der Waals surface area contributed by atoms with Crippen LogP contribution in [-0.4, -0.2) is 58.0 Å². The van der Waals surface area contributed by atoms with E-state index >= 15 is 4.39 Å². The van der Waals surface area contributed by atoms with Crippen molar-refractivity contribution in [3.8, 4) is 5.75 Å². The van der Waals surface area contributed by atoms with Gasteiger partial charge in [0.1, 0.15) is 11.2 Å². The van der Waals surface area contributed by atoms with Gasteiger partial charge in [-0.1, -0.05) is 35.9 Å². The van der Waals surface area contributed by atoms with Crippen LogP contribution in [0.5, 0.6) is 5.75 Å². The molecule has 1 amide bonds. The van der Waals surface area contributed by atoms with Crippen molar-refractivity contribution in [3.63, 3.8) is 0 Å². The number of morpholine rings is 1. The minimum absolute atomic E-state index is 0.0389. The maximum Gasteiger partial charge on any atom is 0.472 e. The first kappa shape index (κ1) is 28.2. The van der Waals surface area contributed by atoms with Gasteiger partial charge in [0.2, 0.25) is 18.0 Å². The maximum absolute atomic E-state index is 15.3. The van der Waals surface area contributed by atoms with Crippen molar-refractivity contribution < 1.29 is 41.9 Å². The van der Waals surface area contributed by atoms with Crippen molar-refractivity contribution in [2.24, 2.45) is 0 Å². The molecule has 4 heterocycles. The highest BCUT2D eigenvalue weighted by Crippen LogP contribution is 2.45. The number of amides is 1. The van der Waals surface area contributed by atoms with Crippen LogP contribution >= 0.6 is 31.2 Å². The van der Waals surface area contributed by atoms with Crippen LogP contribution in [0.4, 0.5) is 8.78 Å². The molecule has 2 atom stereocenters. The molecule has 11 nitrogen and oxygen atoms in total. The summed E-state index contributed by atoms with van der Waals surface area (Å²) in [5, 5.41) is 1.32. The lowest BCUT2D eigenvalue weighted by Crippen LogP contribution is -2.66. The Kier molecular flexibility index (Phi) is 7.35. The molecule has 0 saturated carbocycles. The van der Waals surface area contributed by atoms with Gasteiger partial charge in [-0.05, 0) is 23.3 Å². The quantitative estimate of drug-likeness (QED) is 0.321. The number of ether oxygens (including phenoxy) is 2. The number of carbonyl (C=O) groups excluding carboxylic acids is 1. The summed E-state index contributed by atoms with van der Waals surface area (Å²) in [4.78, 5) is 47.3. The molecule has 1 fully saturated rings. The lowest BCUT2D eigenvalue weighted by Gasteiger charge is -2.51. The Balaban J connectivity index is 1.62. The van der Waals surface area contributed by atoms with Crippen LogP contribution in [-0.2, 0) is 19.6 Å². The van der Waals surface area contributed by atoms with Gasteiger partial charge >= 0.3 is 7.82 Å². The second-order valence-corrected chi connectivity index (χ2v) is 12.0. The zero-order chi connectivity index (χ0) is 29.1. The molecule has 41 heavy (non-hydrogen) atoms. The van der Waals surface area contributed by atoms with Gasteiger partial charge < -0.3 is 24.2 Å². The average Bonchev–Trinajstić information content (AvgIpc) is 3.10. The summed E-state index contributed by atoms with van der Waals surface area (Å²) in [6.07, 6.45) is 0.448. The van der Waals surface area contributed by atoms with Crippen LogP contribution in [0.15, 0.2) is 52.3 Å². The normalized spacial score (nSPS) is 20.1. The number of phosphoric acid groups is 1. The van der Waals surface area contributed by atoms with Crippen LogP contribution in [0.3, 0.4) is 0 Å². The smallest absolute Gasteiger partial charge is 0.460 e. The number of nitrogens with zero attached hydrogens (tertiary/aromatic N) is 3. The molecule has 1 saturated heterocycles. The first-order valence-electron chi connectivity index (χ1n) is 12.2. The number of phosphoric ester groups is 1. The molecule has 3 aliphatic heterocycles. The highest BCUT2D eigenvalue weighted by Gasteiger charge is 2.47. The van der Waals surface area contributed by atoms with Crippen molar-refractivity contribution in [1.29, 1.82) is 0 Å². The number of aromatic nitrogens is 1. The van der Waals surface area contributed by atoms with Crippen LogP contribution < -0.4 is 15.2 Å². The topological polar surface area (TPSA) is 131 Å². The molecular weight excluding hydrogens is 607 g/mol. The number of benzene rings is 2. The van der Waals surface area contributed by atoms with Crippen LogP contribution in [0.25, 0.3) is 0 Å². The number of pyridine rings is 1. The molecule has 0 unspecified atom stereocenters. The first-order chi connectivity index (χ1) is 19.6. The summed E-state index contributed by atoms with van der Waals surface area (Å²) in [5.41, 5.74) is 0.0871. The molecule has 216 valence electrons. The molecule has 2 N–H and O–H groups in total. The third-order valence-corrected chi connectivity index (χ3v) is 8.85. The minimum Gasteiger partial charge on any atom is -0.460 e. The average molecular weight is 628 g/mol. The highest BCUT2D eigenvalue weighted by molar-refractivity contribution is 7.98. The number of hydrogen-bond donors (Lipinski definition) is 2. The van der Waals surface area contributed by atoms with E-state index in [1.54, 1.807) is 11.1 Å². The summed E-state index contributed by atoms with van der Waals surface area (Å²) < 4.78 is 57.7. The van der Waals surface area contributed by atoms with Gasteiger partial charge in [0, 0.05) is 22.8 Å². The molecular formula is C25H21ClF2N3O8PS.